The van der Waals surface area contributed by atoms with E-state index in [4.69, 9.17) is 0 Å². The van der Waals surface area contributed by atoms with Gasteiger partial charge in [0.05, 0.1) is 16.8 Å². The second-order valence-electron chi connectivity index (χ2n) is 3.38. The van der Waals surface area contributed by atoms with Crippen molar-refractivity contribution in [3.05, 3.63) is 52.5 Å². The third kappa shape index (κ3) is 1.68. The highest BCUT2D eigenvalue weighted by Crippen LogP contribution is 2.22. The molecule has 17 heavy (non-hydrogen) atoms. The molecule has 0 bridgehead atoms. The van der Waals surface area contributed by atoms with E-state index in [0.717, 1.165) is 4.88 Å². The molecule has 0 aliphatic carbocycles. The molecule has 0 fully saturated rings. The molecule has 0 aromatic carbocycles. The topological polar surface area (TPSA) is 63.6 Å². The molecule has 0 aliphatic rings. The molecule has 84 valence electrons. The van der Waals surface area contributed by atoms with Crippen molar-refractivity contribution >= 4 is 11.3 Å². The lowest BCUT2D eigenvalue weighted by Gasteiger charge is -2.02. The number of hydrogen-bond donors (Lipinski definition) is 1. The third-order valence-corrected chi connectivity index (χ3v) is 3.18. The summed E-state index contributed by atoms with van der Waals surface area (Å²) in [6, 6.07) is 7.45. The van der Waals surface area contributed by atoms with Crippen LogP contribution in [-0.4, -0.2) is 19.7 Å². The van der Waals surface area contributed by atoms with Crippen LogP contribution in [0.2, 0.25) is 0 Å². The predicted molar refractivity (Wildman–Crippen MR) is 65.3 cm³/mol. The number of pyridine rings is 1. The number of nitrogens with one attached hydrogen (secondary N) is 1. The zero-order chi connectivity index (χ0) is 11.7. The van der Waals surface area contributed by atoms with Crippen LogP contribution in [0.3, 0.4) is 0 Å². The molecule has 0 unspecified atom stereocenters. The highest BCUT2D eigenvalue weighted by molar-refractivity contribution is 7.13. The van der Waals surface area contributed by atoms with Gasteiger partial charge in [-0.2, -0.15) is 5.10 Å². The second-order valence-corrected chi connectivity index (χ2v) is 4.32. The van der Waals surface area contributed by atoms with E-state index < -0.39 is 0 Å². The lowest BCUT2D eigenvalue weighted by atomic mass is 10.4. The number of H-pyrrole nitrogens is 1. The molecule has 0 amide bonds. The Morgan fingerprint density at radius 2 is 2.24 bits per heavy atom. The molecule has 0 aliphatic heterocycles. The molecule has 6 heteroatoms. The quantitative estimate of drug-likeness (QED) is 0.746. The number of aromatic amines is 1. The van der Waals surface area contributed by atoms with Gasteiger partial charge < -0.3 is 0 Å². The van der Waals surface area contributed by atoms with Crippen LogP contribution < -0.4 is 5.69 Å². The molecule has 0 saturated heterocycles. The summed E-state index contributed by atoms with van der Waals surface area (Å²) in [6.45, 7) is 0. The first-order valence-electron chi connectivity index (χ1n) is 4.98. The minimum absolute atomic E-state index is 0.263. The van der Waals surface area contributed by atoms with Crippen LogP contribution in [0.1, 0.15) is 0 Å². The van der Waals surface area contributed by atoms with Crippen LogP contribution in [0.4, 0.5) is 0 Å². The maximum absolute atomic E-state index is 11.8. The molecule has 3 aromatic heterocycles. The average molecular weight is 244 g/mol. The summed E-state index contributed by atoms with van der Waals surface area (Å²) in [7, 11) is 0. The minimum Gasteiger partial charge on any atom is -0.263 e. The molecule has 3 rings (SSSR count). The Labute approximate surface area is 100 Å². The van der Waals surface area contributed by atoms with E-state index in [1.54, 1.807) is 18.5 Å². The van der Waals surface area contributed by atoms with E-state index in [0.29, 0.717) is 11.5 Å². The molecule has 0 atom stereocenters. The summed E-state index contributed by atoms with van der Waals surface area (Å²) in [6.07, 6.45) is 3.30. The molecular formula is C11H8N4OS. The Kier molecular flexibility index (Phi) is 2.34. The Morgan fingerprint density at radius 1 is 1.29 bits per heavy atom. The fourth-order valence-corrected chi connectivity index (χ4v) is 2.30. The van der Waals surface area contributed by atoms with Gasteiger partial charge in [-0.3, -0.25) is 4.98 Å². The smallest absolute Gasteiger partial charge is 0.263 e. The summed E-state index contributed by atoms with van der Waals surface area (Å²) >= 11 is 1.54. The molecule has 0 spiro atoms. The Morgan fingerprint density at radius 3 is 2.94 bits per heavy atom. The Balaban J connectivity index is 2.24. The number of thiophene rings is 1. The Hall–Kier alpha value is -2.21. The van der Waals surface area contributed by atoms with Crippen LogP contribution in [0.25, 0.3) is 16.4 Å². The van der Waals surface area contributed by atoms with Crippen molar-refractivity contribution in [2.24, 2.45) is 0 Å². The molecule has 0 radical (unpaired) electrons. The van der Waals surface area contributed by atoms with E-state index in [9.17, 15) is 4.79 Å². The van der Waals surface area contributed by atoms with E-state index in [2.05, 4.69) is 15.2 Å². The van der Waals surface area contributed by atoms with Crippen LogP contribution in [0.15, 0.2) is 46.8 Å². The summed E-state index contributed by atoms with van der Waals surface area (Å²) < 4.78 is 1.51. The van der Waals surface area contributed by atoms with E-state index in [1.807, 2.05) is 23.6 Å². The number of hydrogen-bond acceptors (Lipinski definition) is 4. The van der Waals surface area contributed by atoms with Gasteiger partial charge in [0, 0.05) is 6.20 Å². The van der Waals surface area contributed by atoms with Gasteiger partial charge in [-0.05, 0) is 23.6 Å². The molecular weight excluding hydrogens is 236 g/mol. The summed E-state index contributed by atoms with van der Waals surface area (Å²) in [5.41, 5.74) is 0.441. The number of nitrogens with zero attached hydrogens (tertiary/aromatic N) is 3. The predicted octanol–water partition coefficient (Wildman–Crippen LogP) is 1.68. The number of aromatic nitrogens is 4. The molecule has 0 saturated carbocycles. The van der Waals surface area contributed by atoms with Gasteiger partial charge in [0.25, 0.3) is 0 Å². The average Bonchev–Trinajstić information content (AvgIpc) is 2.98. The highest BCUT2D eigenvalue weighted by atomic mass is 32.1. The van der Waals surface area contributed by atoms with Gasteiger partial charge in [0.1, 0.15) is 0 Å². The first-order chi connectivity index (χ1) is 8.36. The molecule has 5 nitrogen and oxygen atoms in total. The molecule has 3 heterocycles. The second kappa shape index (κ2) is 3.99. The van der Waals surface area contributed by atoms with Crippen molar-refractivity contribution in [3.8, 4) is 16.4 Å². The standard InChI is InChI=1S/C11H8N4OS/c16-11-14-13-10(9-4-2-6-17-9)15(11)8-3-1-5-12-7-8/h1-7H,(H,14,16). The van der Waals surface area contributed by atoms with E-state index in [-0.39, 0.29) is 5.69 Å². The third-order valence-electron chi connectivity index (χ3n) is 2.32. The van der Waals surface area contributed by atoms with Crippen LogP contribution in [0.5, 0.6) is 0 Å². The van der Waals surface area contributed by atoms with Crippen molar-refractivity contribution in [2.45, 2.75) is 0 Å². The van der Waals surface area contributed by atoms with Crippen LogP contribution in [0, 0.1) is 0 Å². The van der Waals surface area contributed by atoms with Crippen molar-refractivity contribution < 1.29 is 0 Å². The maximum Gasteiger partial charge on any atom is 0.348 e. The monoisotopic (exact) mass is 244 g/mol. The first-order valence-corrected chi connectivity index (χ1v) is 5.86. The SMILES string of the molecule is O=c1[nH]nc(-c2cccs2)n1-c1cccnc1. The zero-order valence-electron chi connectivity index (χ0n) is 8.70. The highest BCUT2D eigenvalue weighted by Gasteiger charge is 2.12. The Bertz CT molecular complexity index is 669. The van der Waals surface area contributed by atoms with Gasteiger partial charge in [-0.25, -0.2) is 14.5 Å². The maximum atomic E-state index is 11.8. The van der Waals surface area contributed by atoms with Gasteiger partial charge in [-0.15, -0.1) is 11.3 Å². The fourth-order valence-electron chi connectivity index (χ4n) is 1.59. The van der Waals surface area contributed by atoms with Crippen molar-refractivity contribution in [1.82, 2.24) is 19.7 Å². The summed E-state index contributed by atoms with van der Waals surface area (Å²) in [5, 5.41) is 8.45. The van der Waals surface area contributed by atoms with Gasteiger partial charge in [-0.1, -0.05) is 6.07 Å². The lowest BCUT2D eigenvalue weighted by molar-refractivity contribution is 0.977. The zero-order valence-corrected chi connectivity index (χ0v) is 9.52. The minimum atomic E-state index is -0.263. The first kappa shape index (κ1) is 9.98. The fraction of sp³-hybridized carbons (Fsp3) is 0. The number of rotatable bonds is 2. The van der Waals surface area contributed by atoms with Crippen molar-refractivity contribution in [3.63, 3.8) is 0 Å². The largest absolute Gasteiger partial charge is 0.348 e. The van der Waals surface area contributed by atoms with Crippen molar-refractivity contribution in [1.29, 1.82) is 0 Å². The molecule has 1 N–H and O–H groups in total. The van der Waals surface area contributed by atoms with Gasteiger partial charge in [0.2, 0.25) is 0 Å². The van der Waals surface area contributed by atoms with Crippen molar-refractivity contribution in [2.75, 3.05) is 0 Å². The van der Waals surface area contributed by atoms with E-state index in [1.165, 1.54) is 15.9 Å². The van der Waals surface area contributed by atoms with Gasteiger partial charge >= 0.3 is 5.69 Å². The lowest BCUT2D eigenvalue weighted by Crippen LogP contribution is -2.15. The van der Waals surface area contributed by atoms with E-state index >= 15 is 0 Å². The van der Waals surface area contributed by atoms with Gasteiger partial charge in [0.15, 0.2) is 5.82 Å². The summed E-state index contributed by atoms with van der Waals surface area (Å²) in [4.78, 5) is 16.7. The van der Waals surface area contributed by atoms with Crippen LogP contribution >= 0.6 is 11.3 Å². The summed E-state index contributed by atoms with van der Waals surface area (Å²) in [5.74, 6) is 0.609. The van der Waals surface area contributed by atoms with Crippen LogP contribution in [-0.2, 0) is 0 Å². The normalized spacial score (nSPS) is 10.6. The molecule has 3 aromatic rings.